The van der Waals surface area contributed by atoms with Crippen molar-refractivity contribution in [2.75, 3.05) is 37.4 Å². The number of nitrogens with two attached hydrogens (primary N) is 2. The number of carbonyl (C=O) groups excluding carboxylic acids is 3. The second-order valence-corrected chi connectivity index (χ2v) is 12.8. The molecule has 0 saturated heterocycles. The summed E-state index contributed by atoms with van der Waals surface area (Å²) in [5.74, 6) is -6.65. The number of aromatic nitrogens is 4. The first kappa shape index (κ1) is 45.7. The van der Waals surface area contributed by atoms with Crippen molar-refractivity contribution in [1.29, 1.82) is 0 Å². The van der Waals surface area contributed by atoms with Gasteiger partial charge in [0.2, 0.25) is 23.4 Å². The van der Waals surface area contributed by atoms with Crippen LogP contribution in [0.1, 0.15) is 60.1 Å². The maximum absolute atomic E-state index is 14.0. The highest BCUT2D eigenvalue weighted by Crippen LogP contribution is 2.30. The molecule has 0 spiro atoms. The number of anilines is 2. The minimum atomic E-state index is -1.96. The summed E-state index contributed by atoms with van der Waals surface area (Å²) in [6, 6.07) is 4.85. The van der Waals surface area contributed by atoms with Crippen molar-refractivity contribution < 1.29 is 51.3 Å². The van der Waals surface area contributed by atoms with Gasteiger partial charge in [-0.3, -0.25) is 29.2 Å². The molecule has 2 heterocycles. The van der Waals surface area contributed by atoms with Crippen LogP contribution in [0.5, 0.6) is 5.75 Å². The van der Waals surface area contributed by atoms with E-state index in [1.807, 2.05) is 0 Å². The van der Waals surface area contributed by atoms with Crippen molar-refractivity contribution in [2.45, 2.75) is 58.0 Å². The van der Waals surface area contributed by atoms with E-state index in [0.717, 1.165) is 6.92 Å². The van der Waals surface area contributed by atoms with Gasteiger partial charge in [0.25, 0.3) is 11.5 Å². The molecule has 0 saturated carbocycles. The number of hydrogen-bond acceptors (Lipinski definition) is 15. The van der Waals surface area contributed by atoms with Crippen LogP contribution in [0.2, 0.25) is 0 Å². The zero-order valence-corrected chi connectivity index (χ0v) is 32.0. The number of nitrogen functional groups attached to an aromatic ring is 1. The second-order valence-electron chi connectivity index (χ2n) is 12.8. The fourth-order valence-corrected chi connectivity index (χ4v) is 5.20. The second kappa shape index (κ2) is 22.2. The van der Waals surface area contributed by atoms with Crippen molar-refractivity contribution in [3.05, 3.63) is 80.9 Å². The summed E-state index contributed by atoms with van der Waals surface area (Å²) >= 11 is 0. The van der Waals surface area contributed by atoms with Gasteiger partial charge in [-0.25, -0.2) is 27.9 Å². The van der Waals surface area contributed by atoms with E-state index in [4.69, 9.17) is 16.3 Å². The number of hydrazone groups is 1. The van der Waals surface area contributed by atoms with Gasteiger partial charge >= 0.3 is 11.9 Å². The van der Waals surface area contributed by atoms with Crippen LogP contribution in [0.4, 0.5) is 29.2 Å². The molecule has 2 aromatic heterocycles. The van der Waals surface area contributed by atoms with Crippen LogP contribution in [0.3, 0.4) is 0 Å². The van der Waals surface area contributed by atoms with Crippen LogP contribution >= 0.6 is 0 Å². The molecule has 0 aliphatic rings. The Kier molecular flexibility index (Phi) is 16.9. The number of halogens is 4. The molecular formula is C37H41F4N11O8. The van der Waals surface area contributed by atoms with Crippen LogP contribution in [-0.2, 0) is 25.7 Å². The highest BCUT2D eigenvalue weighted by Gasteiger charge is 2.26. The summed E-state index contributed by atoms with van der Waals surface area (Å²) in [4.78, 5) is 79.7. The minimum absolute atomic E-state index is 0.0299. The molecule has 0 radical (unpaired) electrons. The third-order valence-corrected chi connectivity index (χ3v) is 8.43. The number of nitrogens with zero attached hydrogens (tertiary/aromatic N) is 5. The Morgan fingerprint density at radius 2 is 1.73 bits per heavy atom. The highest BCUT2D eigenvalue weighted by atomic mass is 19.2. The number of carboxylic acids is 1. The Labute approximate surface area is 338 Å². The Balaban J connectivity index is 1.07. The molecule has 2 amide bonds. The van der Waals surface area contributed by atoms with E-state index in [1.165, 1.54) is 24.5 Å². The number of hydrogen-bond donors (Lipinski definition) is 7. The first-order valence-corrected chi connectivity index (χ1v) is 18.2. The Morgan fingerprint density at radius 1 is 0.983 bits per heavy atom. The normalized spacial score (nSPS) is 12.1. The number of amides is 2. The quantitative estimate of drug-likeness (QED) is 0.00689. The topological polar surface area (TPSA) is 291 Å². The number of aliphatic carboxylic acids is 1. The van der Waals surface area contributed by atoms with Crippen LogP contribution in [0.25, 0.3) is 11.2 Å². The molecule has 0 aliphatic heterocycles. The highest BCUT2D eigenvalue weighted by molar-refractivity contribution is 6.30. The van der Waals surface area contributed by atoms with Gasteiger partial charge in [0.15, 0.2) is 28.6 Å². The third-order valence-electron chi connectivity index (χ3n) is 8.43. The molecule has 60 heavy (non-hydrogen) atoms. The van der Waals surface area contributed by atoms with Crippen molar-refractivity contribution in [3.63, 3.8) is 0 Å². The Bertz CT molecular complexity index is 2280. The van der Waals surface area contributed by atoms with Crippen LogP contribution in [-0.4, -0.2) is 93.1 Å². The Morgan fingerprint density at radius 3 is 2.45 bits per heavy atom. The van der Waals surface area contributed by atoms with Crippen molar-refractivity contribution in [1.82, 2.24) is 30.6 Å². The molecule has 4 aromatic rings. The minimum Gasteiger partial charge on any atom is -0.480 e. The van der Waals surface area contributed by atoms with Crippen LogP contribution in [0.15, 0.2) is 45.4 Å². The summed E-state index contributed by atoms with van der Waals surface area (Å²) in [5.41, 5.74) is 5.97. The van der Waals surface area contributed by atoms with Crippen LogP contribution < -0.4 is 37.8 Å². The van der Waals surface area contributed by atoms with E-state index in [-0.39, 0.29) is 68.4 Å². The molecule has 0 bridgehead atoms. The van der Waals surface area contributed by atoms with E-state index < -0.39 is 76.4 Å². The molecule has 0 fully saturated rings. The lowest BCUT2D eigenvalue weighted by molar-refractivity contribution is -0.139. The van der Waals surface area contributed by atoms with Gasteiger partial charge in [-0.1, -0.05) is 0 Å². The largest absolute Gasteiger partial charge is 0.480 e. The van der Waals surface area contributed by atoms with Gasteiger partial charge in [-0.15, -0.1) is 0 Å². The number of rotatable bonds is 22. The van der Waals surface area contributed by atoms with Gasteiger partial charge in [-0.2, -0.15) is 14.5 Å². The number of carboxylic acid groups (broad SMARTS) is 1. The number of unbranched alkanes of at least 4 members (excludes halogenated alkanes) is 1. The number of aliphatic imine (C=N–C) groups is 1. The number of aromatic amines is 1. The number of carbonyl (C=O) groups is 4. The number of H-pyrrole nitrogens is 1. The third kappa shape index (κ3) is 13.3. The standard InChI is InChI=1S/C37H41F4N11O8/c1-19-27(38)29(40)30(41)32(28(19)39)60-26(54)11-14-59-15-13-44-16-22(52-43)4-2-3-12-45-25(53)10-9-24(36(57)58)49-34(55)20-5-7-21(8-6-20)46-17-23-18-47-33-31(48-23)35(56)51-37(42)50-33/h5-8,16,18,24,46H,2-4,9-15,17,43H2,1H3,(H,45,53)(H,49,55)(H,57,58)(H3,42,47,50,51,56)/b44-16?,52-22-/t24-/m0/s1. The first-order chi connectivity index (χ1) is 28.7. The lowest BCUT2D eigenvalue weighted by atomic mass is 10.1. The maximum Gasteiger partial charge on any atom is 0.326 e. The average Bonchev–Trinajstić information content (AvgIpc) is 3.23. The summed E-state index contributed by atoms with van der Waals surface area (Å²) < 4.78 is 64.5. The predicted molar refractivity (Wildman–Crippen MR) is 208 cm³/mol. The predicted octanol–water partition coefficient (Wildman–Crippen LogP) is 2.42. The zero-order chi connectivity index (χ0) is 43.8. The van der Waals surface area contributed by atoms with E-state index in [1.54, 1.807) is 12.1 Å². The lowest BCUT2D eigenvalue weighted by Crippen LogP contribution is -2.41. The molecule has 1 atom stereocenters. The smallest absolute Gasteiger partial charge is 0.326 e. The Hall–Kier alpha value is -7.04. The van der Waals surface area contributed by atoms with Crippen molar-refractivity contribution >= 4 is 58.5 Å². The molecule has 320 valence electrons. The van der Waals surface area contributed by atoms with E-state index in [0.29, 0.717) is 36.4 Å². The maximum atomic E-state index is 14.0. The van der Waals surface area contributed by atoms with Gasteiger partial charge in [0, 0.05) is 36.0 Å². The number of benzene rings is 2. The number of fused-ring (bicyclic) bond motifs is 1. The first-order valence-electron chi connectivity index (χ1n) is 18.2. The molecule has 19 nitrogen and oxygen atoms in total. The summed E-state index contributed by atoms with van der Waals surface area (Å²) in [6.45, 7) is 1.31. The average molecular weight is 844 g/mol. The van der Waals surface area contributed by atoms with E-state index in [2.05, 4.69) is 50.7 Å². The summed E-state index contributed by atoms with van der Waals surface area (Å²) in [5, 5.41) is 21.5. The SMILES string of the molecule is Cc1c(F)c(F)c(F)c(OC(=O)CCOCCN=C/C(CCCCNC(=O)CC[C@H](NC(=O)c2ccc(NCc3cnc4nc(N)[nH]c(=O)c4n3)cc2)C(=O)O)=N\N)c1F. The van der Waals surface area contributed by atoms with Crippen LogP contribution in [0, 0.1) is 30.2 Å². The molecule has 4 rings (SSSR count). The van der Waals surface area contributed by atoms with Gasteiger partial charge in [0.05, 0.1) is 50.3 Å². The van der Waals surface area contributed by atoms with E-state index in [9.17, 15) is 46.6 Å². The summed E-state index contributed by atoms with van der Waals surface area (Å²) in [6.07, 6.45) is 3.61. The van der Waals surface area contributed by atoms with E-state index >= 15 is 0 Å². The van der Waals surface area contributed by atoms with Crippen molar-refractivity contribution in [3.8, 4) is 5.75 Å². The fraction of sp³-hybridized carbons (Fsp3) is 0.351. The fourth-order valence-electron chi connectivity index (χ4n) is 5.20. The number of ether oxygens (including phenoxy) is 2. The lowest BCUT2D eigenvalue weighted by Gasteiger charge is -2.15. The molecule has 0 aliphatic carbocycles. The monoisotopic (exact) mass is 843 g/mol. The van der Waals surface area contributed by atoms with Gasteiger partial charge in [-0.05, 0) is 56.9 Å². The molecule has 2 aromatic carbocycles. The molecular weight excluding hydrogens is 802 g/mol. The molecule has 0 unspecified atom stereocenters. The molecule has 9 N–H and O–H groups in total. The number of nitrogens with one attached hydrogen (secondary N) is 4. The van der Waals surface area contributed by atoms with Gasteiger partial charge < -0.3 is 42.1 Å². The zero-order valence-electron chi connectivity index (χ0n) is 32.0. The number of esters is 1. The van der Waals surface area contributed by atoms with Gasteiger partial charge in [0.1, 0.15) is 6.04 Å². The summed E-state index contributed by atoms with van der Waals surface area (Å²) in [7, 11) is 0. The van der Waals surface area contributed by atoms with Crippen molar-refractivity contribution in [2.24, 2.45) is 15.9 Å². The molecule has 23 heteroatoms.